The van der Waals surface area contributed by atoms with Gasteiger partial charge in [-0.25, -0.2) is 0 Å². The highest BCUT2D eigenvalue weighted by Gasteiger charge is 2.12. The molecule has 0 amide bonds. The Balaban J connectivity index is 1.59. The molecular formula is C25H28N6. The monoisotopic (exact) mass is 412 g/mol. The van der Waals surface area contributed by atoms with Crippen molar-refractivity contribution in [2.24, 2.45) is 0 Å². The summed E-state index contributed by atoms with van der Waals surface area (Å²) in [5.74, 6) is 0.605. The number of aromatic nitrogens is 5. The van der Waals surface area contributed by atoms with E-state index in [0.717, 1.165) is 47.6 Å². The van der Waals surface area contributed by atoms with E-state index in [2.05, 4.69) is 93.7 Å². The highest BCUT2D eigenvalue weighted by molar-refractivity contribution is 5.80. The van der Waals surface area contributed by atoms with Crippen molar-refractivity contribution in [3.05, 3.63) is 77.6 Å². The fourth-order valence-electron chi connectivity index (χ4n) is 3.86. The van der Waals surface area contributed by atoms with Crippen molar-refractivity contribution in [2.45, 2.75) is 40.2 Å². The molecule has 31 heavy (non-hydrogen) atoms. The van der Waals surface area contributed by atoms with Crippen LogP contribution in [-0.2, 0) is 6.54 Å². The molecule has 1 N–H and O–H groups in total. The third-order valence-corrected chi connectivity index (χ3v) is 5.36. The van der Waals surface area contributed by atoms with Crippen molar-refractivity contribution in [3.63, 3.8) is 0 Å². The topological polar surface area (TPSA) is 70.6 Å². The molecule has 0 spiro atoms. The van der Waals surface area contributed by atoms with Crippen molar-refractivity contribution in [1.29, 1.82) is 0 Å². The molecule has 2 aromatic heterocycles. The first-order valence-corrected chi connectivity index (χ1v) is 10.8. The third-order valence-electron chi connectivity index (χ3n) is 5.36. The standard InChI is InChI=1S/C25H28N6/c1-4-5-14-31(22-15-18(2)26-19(3)16-22)17-20-10-12-21(13-11-20)23-8-6-7-9-24(23)25-27-29-30-28-25/h6-13,15-16H,4-5,14,17H2,1-3H3,(H,27,28,29,30). The highest BCUT2D eigenvalue weighted by atomic mass is 15.5. The van der Waals surface area contributed by atoms with E-state index >= 15 is 0 Å². The molecule has 158 valence electrons. The first kappa shape index (κ1) is 20.7. The van der Waals surface area contributed by atoms with Crippen LogP contribution in [0.1, 0.15) is 36.7 Å². The van der Waals surface area contributed by atoms with Gasteiger partial charge in [-0.05, 0) is 54.3 Å². The van der Waals surface area contributed by atoms with Gasteiger partial charge in [0.15, 0.2) is 0 Å². The number of pyridine rings is 1. The van der Waals surface area contributed by atoms with Crippen molar-refractivity contribution < 1.29 is 0 Å². The molecule has 0 fully saturated rings. The van der Waals surface area contributed by atoms with Gasteiger partial charge in [0, 0.05) is 35.7 Å². The van der Waals surface area contributed by atoms with Crippen LogP contribution in [0.25, 0.3) is 22.5 Å². The number of tetrazole rings is 1. The summed E-state index contributed by atoms with van der Waals surface area (Å²) in [6.45, 7) is 8.25. The summed E-state index contributed by atoms with van der Waals surface area (Å²) in [5, 5.41) is 14.5. The molecule has 0 radical (unpaired) electrons. The maximum Gasteiger partial charge on any atom is 0.205 e. The lowest BCUT2D eigenvalue weighted by Crippen LogP contribution is -2.24. The van der Waals surface area contributed by atoms with E-state index in [1.165, 1.54) is 17.7 Å². The van der Waals surface area contributed by atoms with Gasteiger partial charge in [-0.1, -0.05) is 61.9 Å². The number of unbranched alkanes of at least 4 members (excludes halogenated alkanes) is 1. The van der Waals surface area contributed by atoms with Crippen LogP contribution in [0.4, 0.5) is 5.69 Å². The minimum Gasteiger partial charge on any atom is -0.367 e. The van der Waals surface area contributed by atoms with Gasteiger partial charge in [0.1, 0.15) is 0 Å². The summed E-state index contributed by atoms with van der Waals surface area (Å²) in [7, 11) is 0. The zero-order valence-corrected chi connectivity index (χ0v) is 18.3. The Morgan fingerprint density at radius 2 is 1.61 bits per heavy atom. The Bertz CT molecular complexity index is 1100. The number of aromatic amines is 1. The van der Waals surface area contributed by atoms with Gasteiger partial charge in [-0.3, -0.25) is 4.98 Å². The Morgan fingerprint density at radius 3 is 2.26 bits per heavy atom. The second-order valence-electron chi connectivity index (χ2n) is 7.86. The van der Waals surface area contributed by atoms with E-state index in [9.17, 15) is 0 Å². The molecule has 4 rings (SSSR count). The average molecular weight is 413 g/mol. The second-order valence-corrected chi connectivity index (χ2v) is 7.86. The average Bonchev–Trinajstić information content (AvgIpc) is 3.31. The van der Waals surface area contributed by atoms with Gasteiger partial charge < -0.3 is 4.90 Å². The quantitative estimate of drug-likeness (QED) is 0.422. The second kappa shape index (κ2) is 9.51. The first-order chi connectivity index (χ1) is 15.1. The Morgan fingerprint density at radius 1 is 0.903 bits per heavy atom. The minimum absolute atomic E-state index is 0.605. The van der Waals surface area contributed by atoms with Gasteiger partial charge in [-0.15, -0.1) is 10.2 Å². The van der Waals surface area contributed by atoms with Crippen LogP contribution in [0.5, 0.6) is 0 Å². The SMILES string of the molecule is CCCCN(Cc1ccc(-c2ccccc2-c2nn[nH]n2)cc1)c1cc(C)nc(C)c1. The summed E-state index contributed by atoms with van der Waals surface area (Å²) in [6, 6.07) is 21.3. The van der Waals surface area contributed by atoms with Gasteiger partial charge in [0.05, 0.1) is 0 Å². The van der Waals surface area contributed by atoms with Crippen LogP contribution >= 0.6 is 0 Å². The lowest BCUT2D eigenvalue weighted by molar-refractivity contribution is 0.714. The molecule has 6 heteroatoms. The van der Waals surface area contributed by atoms with E-state index in [1.54, 1.807) is 0 Å². The zero-order chi connectivity index (χ0) is 21.6. The zero-order valence-electron chi connectivity index (χ0n) is 18.3. The van der Waals surface area contributed by atoms with Crippen molar-refractivity contribution in [3.8, 4) is 22.5 Å². The van der Waals surface area contributed by atoms with E-state index in [0.29, 0.717) is 5.82 Å². The molecule has 0 atom stereocenters. The van der Waals surface area contributed by atoms with Crippen LogP contribution in [0.2, 0.25) is 0 Å². The number of aryl methyl sites for hydroxylation is 2. The molecule has 2 heterocycles. The van der Waals surface area contributed by atoms with Crippen LogP contribution in [0, 0.1) is 13.8 Å². The van der Waals surface area contributed by atoms with Crippen LogP contribution in [0.3, 0.4) is 0 Å². The summed E-state index contributed by atoms with van der Waals surface area (Å²) >= 11 is 0. The van der Waals surface area contributed by atoms with E-state index in [4.69, 9.17) is 0 Å². The Kier molecular flexibility index (Phi) is 6.36. The third kappa shape index (κ3) is 4.97. The summed E-state index contributed by atoms with van der Waals surface area (Å²) in [4.78, 5) is 6.99. The van der Waals surface area contributed by atoms with Gasteiger partial charge in [0.2, 0.25) is 5.82 Å². The maximum absolute atomic E-state index is 4.53. The van der Waals surface area contributed by atoms with Crippen molar-refractivity contribution in [1.82, 2.24) is 25.6 Å². The number of anilines is 1. The number of hydrogen-bond acceptors (Lipinski definition) is 5. The van der Waals surface area contributed by atoms with Crippen LogP contribution in [0.15, 0.2) is 60.7 Å². The van der Waals surface area contributed by atoms with Gasteiger partial charge >= 0.3 is 0 Å². The van der Waals surface area contributed by atoms with Gasteiger partial charge in [-0.2, -0.15) is 5.21 Å². The molecule has 0 bridgehead atoms. The fourth-order valence-corrected chi connectivity index (χ4v) is 3.86. The molecule has 0 saturated carbocycles. The fraction of sp³-hybridized carbons (Fsp3) is 0.280. The molecule has 0 unspecified atom stereocenters. The minimum atomic E-state index is 0.605. The molecule has 6 nitrogen and oxygen atoms in total. The summed E-state index contributed by atoms with van der Waals surface area (Å²) < 4.78 is 0. The lowest BCUT2D eigenvalue weighted by atomic mass is 9.98. The van der Waals surface area contributed by atoms with E-state index in [1.807, 2.05) is 18.2 Å². The number of nitrogens with one attached hydrogen (secondary N) is 1. The molecular weight excluding hydrogens is 384 g/mol. The van der Waals surface area contributed by atoms with Crippen molar-refractivity contribution in [2.75, 3.05) is 11.4 Å². The molecule has 0 aliphatic carbocycles. The number of H-pyrrole nitrogens is 1. The smallest absolute Gasteiger partial charge is 0.205 e. The maximum atomic E-state index is 4.53. The number of benzene rings is 2. The van der Waals surface area contributed by atoms with E-state index < -0.39 is 0 Å². The lowest BCUT2D eigenvalue weighted by Gasteiger charge is -2.26. The normalized spacial score (nSPS) is 10.9. The predicted octanol–water partition coefficient (Wildman–Crippen LogP) is 5.35. The number of rotatable bonds is 8. The largest absolute Gasteiger partial charge is 0.367 e. The molecule has 4 aromatic rings. The molecule has 0 aliphatic rings. The van der Waals surface area contributed by atoms with Crippen LogP contribution < -0.4 is 4.90 Å². The molecule has 2 aromatic carbocycles. The number of hydrogen-bond donors (Lipinski definition) is 1. The van der Waals surface area contributed by atoms with Gasteiger partial charge in [0.25, 0.3) is 0 Å². The van der Waals surface area contributed by atoms with E-state index in [-0.39, 0.29) is 0 Å². The Labute approximate surface area is 183 Å². The first-order valence-electron chi connectivity index (χ1n) is 10.8. The molecule has 0 saturated heterocycles. The van der Waals surface area contributed by atoms with Crippen LogP contribution in [-0.4, -0.2) is 32.2 Å². The molecule has 0 aliphatic heterocycles. The summed E-state index contributed by atoms with van der Waals surface area (Å²) in [5.41, 5.74) is 7.85. The Hall–Kier alpha value is -3.54. The number of nitrogens with zero attached hydrogens (tertiary/aromatic N) is 5. The van der Waals surface area contributed by atoms with Crippen molar-refractivity contribution >= 4 is 5.69 Å². The highest BCUT2D eigenvalue weighted by Crippen LogP contribution is 2.30. The predicted molar refractivity (Wildman–Crippen MR) is 125 cm³/mol. The summed E-state index contributed by atoms with van der Waals surface area (Å²) in [6.07, 6.45) is 2.34.